The molecule has 21 heavy (non-hydrogen) atoms. The summed E-state index contributed by atoms with van der Waals surface area (Å²) < 4.78 is 25.5. The zero-order valence-corrected chi connectivity index (χ0v) is 14.2. The average molecular weight is 373 g/mol. The molecular formula is C13H17BrN4O2S. The first kappa shape index (κ1) is 16.0. The van der Waals surface area contributed by atoms with Crippen LogP contribution in [0.1, 0.15) is 0 Å². The lowest BCUT2D eigenvalue weighted by Crippen LogP contribution is -2.28. The molecule has 0 aliphatic rings. The minimum atomic E-state index is -3.22. The zero-order valence-electron chi connectivity index (χ0n) is 11.8. The van der Waals surface area contributed by atoms with Crippen molar-refractivity contribution in [1.82, 2.24) is 9.29 Å². The first-order valence-corrected chi connectivity index (χ1v) is 8.69. The highest BCUT2D eigenvalue weighted by Crippen LogP contribution is 2.28. The van der Waals surface area contributed by atoms with E-state index in [0.29, 0.717) is 12.2 Å². The molecule has 114 valence electrons. The fourth-order valence-electron chi connectivity index (χ4n) is 1.86. The number of hydrogen-bond donors (Lipinski definition) is 2. The number of nitrogens with two attached hydrogens (primary N) is 1. The van der Waals surface area contributed by atoms with Crippen LogP contribution in [0.2, 0.25) is 0 Å². The van der Waals surface area contributed by atoms with E-state index in [1.165, 1.54) is 18.4 Å². The van der Waals surface area contributed by atoms with Crippen molar-refractivity contribution in [3.8, 4) is 0 Å². The van der Waals surface area contributed by atoms with Crippen molar-refractivity contribution in [2.75, 3.05) is 37.4 Å². The van der Waals surface area contributed by atoms with Gasteiger partial charge in [-0.05, 0) is 34.1 Å². The van der Waals surface area contributed by atoms with Crippen LogP contribution in [-0.2, 0) is 10.0 Å². The summed E-state index contributed by atoms with van der Waals surface area (Å²) in [6.45, 7) is 0.303. The Hall–Kier alpha value is -1.38. The van der Waals surface area contributed by atoms with Gasteiger partial charge in [-0.15, -0.1) is 0 Å². The normalized spacial score (nSPS) is 12.0. The number of sulfonamides is 1. The number of nitrogens with zero attached hydrogens (tertiary/aromatic N) is 2. The molecule has 0 fully saturated rings. The molecule has 1 aromatic carbocycles. The summed E-state index contributed by atoms with van der Waals surface area (Å²) in [6, 6.07) is 5.47. The summed E-state index contributed by atoms with van der Waals surface area (Å²) in [7, 11) is -0.177. The van der Waals surface area contributed by atoms with Crippen LogP contribution in [0.15, 0.2) is 28.9 Å². The average Bonchev–Trinajstić information content (AvgIpc) is 2.41. The molecule has 0 spiro atoms. The maximum absolute atomic E-state index is 11.7. The number of pyridine rings is 1. The van der Waals surface area contributed by atoms with Crippen LogP contribution in [-0.4, -0.2) is 44.1 Å². The number of benzene rings is 1. The number of nitrogen functional groups attached to an aromatic ring is 1. The van der Waals surface area contributed by atoms with Gasteiger partial charge in [-0.3, -0.25) is 4.98 Å². The molecule has 6 nitrogen and oxygen atoms in total. The summed E-state index contributed by atoms with van der Waals surface area (Å²) >= 11 is 3.36. The first-order chi connectivity index (χ1) is 9.81. The van der Waals surface area contributed by atoms with Crippen molar-refractivity contribution < 1.29 is 8.42 Å². The topological polar surface area (TPSA) is 88.3 Å². The van der Waals surface area contributed by atoms with Crippen LogP contribution in [0.25, 0.3) is 10.9 Å². The highest BCUT2D eigenvalue weighted by atomic mass is 79.9. The van der Waals surface area contributed by atoms with E-state index in [1.807, 2.05) is 6.07 Å². The molecule has 0 bridgehead atoms. The molecule has 2 aromatic rings. The van der Waals surface area contributed by atoms with Gasteiger partial charge in [0.1, 0.15) is 0 Å². The molecule has 0 unspecified atom stereocenters. The molecule has 0 aliphatic heterocycles. The molecule has 3 N–H and O–H groups in total. The second kappa shape index (κ2) is 6.17. The highest BCUT2D eigenvalue weighted by molar-refractivity contribution is 9.10. The third kappa shape index (κ3) is 3.63. The van der Waals surface area contributed by atoms with Crippen molar-refractivity contribution in [1.29, 1.82) is 0 Å². The lowest BCUT2D eigenvalue weighted by Gasteiger charge is -2.13. The number of halogens is 1. The Labute approximate surface area is 132 Å². The van der Waals surface area contributed by atoms with E-state index in [2.05, 4.69) is 26.2 Å². The quantitative estimate of drug-likeness (QED) is 0.782. The molecule has 1 aromatic heterocycles. The second-order valence-electron chi connectivity index (χ2n) is 4.78. The highest BCUT2D eigenvalue weighted by Gasteiger charge is 2.13. The van der Waals surface area contributed by atoms with Gasteiger partial charge in [0.25, 0.3) is 0 Å². The van der Waals surface area contributed by atoms with Crippen LogP contribution in [0.5, 0.6) is 0 Å². The van der Waals surface area contributed by atoms with E-state index in [4.69, 9.17) is 5.73 Å². The minimum Gasteiger partial charge on any atom is -0.398 e. The maximum Gasteiger partial charge on any atom is 0.215 e. The van der Waals surface area contributed by atoms with E-state index >= 15 is 0 Å². The van der Waals surface area contributed by atoms with Gasteiger partial charge in [0, 0.05) is 42.4 Å². The number of hydrogen-bond acceptors (Lipinski definition) is 5. The van der Waals surface area contributed by atoms with Gasteiger partial charge in [-0.2, -0.15) is 0 Å². The lowest BCUT2D eigenvalue weighted by molar-refractivity contribution is 0.521. The maximum atomic E-state index is 11.7. The summed E-state index contributed by atoms with van der Waals surface area (Å²) in [5, 5.41) is 3.93. The molecule has 0 radical (unpaired) electrons. The smallest absolute Gasteiger partial charge is 0.215 e. The Balaban J connectivity index is 2.22. The second-order valence-corrected chi connectivity index (χ2v) is 8.00. The van der Waals surface area contributed by atoms with Crippen molar-refractivity contribution >= 4 is 48.2 Å². The molecule has 0 atom stereocenters. The third-order valence-corrected chi connectivity index (χ3v) is 5.35. The predicted molar refractivity (Wildman–Crippen MR) is 89.8 cm³/mol. The Morgan fingerprint density at radius 1 is 1.38 bits per heavy atom. The van der Waals surface area contributed by atoms with Crippen molar-refractivity contribution in [3.05, 3.63) is 28.9 Å². The van der Waals surface area contributed by atoms with E-state index < -0.39 is 10.0 Å². The van der Waals surface area contributed by atoms with E-state index in [9.17, 15) is 8.42 Å². The molecule has 0 amide bonds. The van der Waals surface area contributed by atoms with Gasteiger partial charge in [0.2, 0.25) is 10.0 Å². The standard InChI is InChI=1S/C13H17BrN4O2S/c1-18(2)21(19,20)6-5-16-12-4-3-11(15)10-7-9(14)8-17-13(10)12/h3-4,7-8,16H,5-6,15H2,1-2H3. The molecule has 0 aliphatic carbocycles. The Morgan fingerprint density at radius 2 is 2.10 bits per heavy atom. The van der Waals surface area contributed by atoms with Crippen LogP contribution >= 0.6 is 15.9 Å². The van der Waals surface area contributed by atoms with Gasteiger partial charge >= 0.3 is 0 Å². The number of aromatic nitrogens is 1. The Kier molecular flexibility index (Phi) is 4.70. The zero-order chi connectivity index (χ0) is 15.6. The van der Waals surface area contributed by atoms with Crippen LogP contribution in [0.4, 0.5) is 11.4 Å². The first-order valence-electron chi connectivity index (χ1n) is 6.29. The molecule has 0 saturated heterocycles. The van der Waals surface area contributed by atoms with Crippen molar-refractivity contribution in [2.45, 2.75) is 0 Å². The van der Waals surface area contributed by atoms with Gasteiger partial charge in [-0.1, -0.05) is 0 Å². The van der Waals surface area contributed by atoms with Gasteiger partial charge < -0.3 is 11.1 Å². The van der Waals surface area contributed by atoms with Gasteiger partial charge in [0.15, 0.2) is 0 Å². The number of anilines is 2. The summed E-state index contributed by atoms with van der Waals surface area (Å²) in [4.78, 5) is 4.34. The van der Waals surface area contributed by atoms with Gasteiger partial charge in [-0.25, -0.2) is 12.7 Å². The minimum absolute atomic E-state index is 0.0163. The predicted octanol–water partition coefficient (Wildman–Crippen LogP) is 1.88. The van der Waals surface area contributed by atoms with E-state index in [1.54, 1.807) is 18.3 Å². The fraction of sp³-hybridized carbons (Fsp3) is 0.308. The SMILES string of the molecule is CN(C)S(=O)(=O)CCNc1ccc(N)c2cc(Br)cnc12. The molecule has 2 rings (SSSR count). The largest absolute Gasteiger partial charge is 0.398 e. The lowest BCUT2D eigenvalue weighted by atomic mass is 10.1. The number of fused-ring (bicyclic) bond motifs is 1. The molecular weight excluding hydrogens is 356 g/mol. The van der Waals surface area contributed by atoms with E-state index in [-0.39, 0.29) is 5.75 Å². The van der Waals surface area contributed by atoms with Crippen LogP contribution in [0.3, 0.4) is 0 Å². The monoisotopic (exact) mass is 372 g/mol. The van der Waals surface area contributed by atoms with E-state index in [0.717, 1.165) is 21.1 Å². The van der Waals surface area contributed by atoms with Crippen LogP contribution < -0.4 is 11.1 Å². The number of rotatable bonds is 5. The summed E-state index contributed by atoms with van der Waals surface area (Å²) in [5.41, 5.74) is 8.06. The molecule has 0 saturated carbocycles. The van der Waals surface area contributed by atoms with Crippen LogP contribution in [0, 0.1) is 0 Å². The van der Waals surface area contributed by atoms with Gasteiger partial charge in [0.05, 0.1) is 17.0 Å². The summed E-state index contributed by atoms with van der Waals surface area (Å²) in [6.07, 6.45) is 1.68. The Morgan fingerprint density at radius 3 is 2.76 bits per heavy atom. The molecule has 1 heterocycles. The van der Waals surface area contributed by atoms with Crippen molar-refractivity contribution in [3.63, 3.8) is 0 Å². The van der Waals surface area contributed by atoms with Crippen molar-refractivity contribution in [2.24, 2.45) is 0 Å². The fourth-order valence-corrected chi connectivity index (χ4v) is 2.91. The summed E-state index contributed by atoms with van der Waals surface area (Å²) in [5.74, 6) is 0.0163. The number of nitrogens with one attached hydrogen (secondary N) is 1. The Bertz CT molecular complexity index is 762. The third-order valence-electron chi connectivity index (χ3n) is 3.08. The molecule has 8 heteroatoms.